The molecule has 0 saturated heterocycles. The fourth-order valence-corrected chi connectivity index (χ4v) is 3.98. The molecule has 0 radical (unpaired) electrons. The Kier molecular flexibility index (Phi) is 7.78. The van der Waals surface area contributed by atoms with Crippen LogP contribution >= 0.6 is 0 Å². The van der Waals surface area contributed by atoms with Gasteiger partial charge in [-0.3, -0.25) is 19.5 Å². The van der Waals surface area contributed by atoms with Gasteiger partial charge < -0.3 is 14.8 Å². The Bertz CT molecular complexity index is 963. The van der Waals surface area contributed by atoms with Crippen molar-refractivity contribution in [2.24, 2.45) is 0 Å². The van der Waals surface area contributed by atoms with Crippen LogP contribution in [0.4, 0.5) is 18.9 Å². The van der Waals surface area contributed by atoms with Crippen LogP contribution in [-0.4, -0.2) is 43.2 Å². The number of amides is 2. The third-order valence-corrected chi connectivity index (χ3v) is 5.59. The zero-order valence-corrected chi connectivity index (χ0v) is 18.4. The predicted molar refractivity (Wildman–Crippen MR) is 115 cm³/mol. The fraction of sp³-hybridized carbons (Fsp3) is 0.435. The summed E-state index contributed by atoms with van der Waals surface area (Å²) in [6.07, 6.45) is 1.82. The Morgan fingerprint density at radius 1 is 1.06 bits per heavy atom. The van der Waals surface area contributed by atoms with Crippen LogP contribution in [0.5, 0.6) is 11.5 Å². The van der Waals surface area contributed by atoms with Crippen molar-refractivity contribution in [3.05, 3.63) is 48.3 Å². The van der Waals surface area contributed by atoms with Gasteiger partial charge in [0.15, 0.2) is 0 Å². The first-order chi connectivity index (χ1) is 15.8. The average Bonchev–Trinajstić information content (AvgIpc) is 2.82. The van der Waals surface area contributed by atoms with Gasteiger partial charge in [-0.25, -0.2) is 0 Å². The maximum atomic E-state index is 13.8. The number of aromatic nitrogens is 1. The highest BCUT2D eigenvalue weighted by Crippen LogP contribution is 2.39. The molecule has 10 heteroatoms. The van der Waals surface area contributed by atoms with Gasteiger partial charge in [0.2, 0.25) is 5.91 Å². The number of hydrogen-bond donors (Lipinski definition) is 1. The van der Waals surface area contributed by atoms with Crippen LogP contribution < -0.4 is 19.7 Å². The van der Waals surface area contributed by atoms with Gasteiger partial charge in [0.05, 0.1) is 19.9 Å². The zero-order valence-electron chi connectivity index (χ0n) is 18.4. The molecule has 1 fully saturated rings. The number of methoxy groups -OCH3 is 2. The first-order valence-electron chi connectivity index (χ1n) is 10.6. The van der Waals surface area contributed by atoms with Gasteiger partial charge >= 0.3 is 12.1 Å². The molecule has 1 unspecified atom stereocenters. The number of rotatable bonds is 7. The van der Waals surface area contributed by atoms with E-state index >= 15 is 0 Å². The number of pyridine rings is 1. The standard InChI is InChI=1S/C23H26F3N3O4/c1-32-17-8-9-18(19(14-17)33-2)29(22(31)23(24,25)26)20(15-10-12-27-13-11-15)21(30)28-16-6-4-3-5-7-16/h8-14,16,20H,3-7H2,1-2H3,(H,28,30). The van der Waals surface area contributed by atoms with Crippen molar-refractivity contribution in [3.8, 4) is 11.5 Å². The van der Waals surface area contributed by atoms with E-state index in [0.29, 0.717) is 10.6 Å². The maximum Gasteiger partial charge on any atom is 0.471 e. The molecule has 2 aromatic rings. The Morgan fingerprint density at radius 2 is 1.73 bits per heavy atom. The van der Waals surface area contributed by atoms with Gasteiger partial charge in [-0.15, -0.1) is 0 Å². The second kappa shape index (κ2) is 10.5. The molecular formula is C23H26F3N3O4. The summed E-state index contributed by atoms with van der Waals surface area (Å²) in [5, 5.41) is 2.85. The van der Waals surface area contributed by atoms with E-state index in [1.807, 2.05) is 0 Å². The molecule has 1 aliphatic rings. The largest absolute Gasteiger partial charge is 0.497 e. The molecule has 33 heavy (non-hydrogen) atoms. The fourth-order valence-electron chi connectivity index (χ4n) is 3.98. The summed E-state index contributed by atoms with van der Waals surface area (Å²) < 4.78 is 51.7. The number of alkyl halides is 3. The Hall–Kier alpha value is -3.30. The minimum absolute atomic E-state index is 0.0449. The number of carbonyl (C=O) groups is 2. The average molecular weight is 465 g/mol. The lowest BCUT2D eigenvalue weighted by molar-refractivity contribution is -0.171. The quantitative estimate of drug-likeness (QED) is 0.664. The van der Waals surface area contributed by atoms with Crippen LogP contribution in [0.1, 0.15) is 43.7 Å². The summed E-state index contributed by atoms with van der Waals surface area (Å²) >= 11 is 0. The van der Waals surface area contributed by atoms with Gasteiger partial charge in [-0.2, -0.15) is 13.2 Å². The summed E-state index contributed by atoms with van der Waals surface area (Å²) in [5.74, 6) is -2.62. The predicted octanol–water partition coefficient (Wildman–Crippen LogP) is 4.18. The van der Waals surface area contributed by atoms with Crippen molar-refractivity contribution in [2.75, 3.05) is 19.1 Å². The molecule has 1 aromatic carbocycles. The highest BCUT2D eigenvalue weighted by atomic mass is 19.4. The van der Waals surface area contributed by atoms with E-state index in [2.05, 4.69) is 10.3 Å². The highest BCUT2D eigenvalue weighted by Gasteiger charge is 2.48. The van der Waals surface area contributed by atoms with Crippen molar-refractivity contribution < 1.29 is 32.2 Å². The zero-order chi connectivity index (χ0) is 24.0. The molecule has 1 atom stereocenters. The molecule has 7 nitrogen and oxygen atoms in total. The molecular weight excluding hydrogens is 439 g/mol. The SMILES string of the molecule is COc1ccc(N(C(=O)C(F)(F)F)C(C(=O)NC2CCCCC2)c2ccncc2)c(OC)c1. The smallest absolute Gasteiger partial charge is 0.471 e. The molecule has 1 saturated carbocycles. The third kappa shape index (κ3) is 5.74. The summed E-state index contributed by atoms with van der Waals surface area (Å²) in [7, 11) is 2.66. The molecule has 0 aliphatic heterocycles. The van der Waals surface area contributed by atoms with E-state index in [-0.39, 0.29) is 23.0 Å². The number of nitrogens with zero attached hydrogens (tertiary/aromatic N) is 2. The van der Waals surface area contributed by atoms with Crippen molar-refractivity contribution in [1.82, 2.24) is 10.3 Å². The summed E-state index contributed by atoms with van der Waals surface area (Å²) in [4.78, 5) is 30.5. The van der Waals surface area contributed by atoms with Crippen LogP contribution in [0.25, 0.3) is 0 Å². The van der Waals surface area contributed by atoms with E-state index in [0.717, 1.165) is 32.1 Å². The van der Waals surface area contributed by atoms with Gasteiger partial charge in [-0.05, 0) is 42.7 Å². The number of carbonyl (C=O) groups excluding carboxylic acids is 2. The van der Waals surface area contributed by atoms with Gasteiger partial charge in [0.25, 0.3) is 0 Å². The summed E-state index contributed by atoms with van der Waals surface area (Å²) in [5.41, 5.74) is -0.0185. The molecule has 0 spiro atoms. The Labute approximate surface area is 189 Å². The first-order valence-corrected chi connectivity index (χ1v) is 10.6. The second-order valence-corrected chi connectivity index (χ2v) is 7.74. The topological polar surface area (TPSA) is 80.8 Å². The lowest BCUT2D eigenvalue weighted by atomic mass is 9.94. The van der Waals surface area contributed by atoms with Crippen LogP contribution in [0.2, 0.25) is 0 Å². The van der Waals surface area contributed by atoms with E-state index in [1.165, 1.54) is 56.9 Å². The van der Waals surface area contributed by atoms with Crippen molar-refractivity contribution in [1.29, 1.82) is 0 Å². The minimum atomic E-state index is -5.23. The van der Waals surface area contributed by atoms with Gasteiger partial charge in [-0.1, -0.05) is 19.3 Å². The monoisotopic (exact) mass is 465 g/mol. The number of hydrogen-bond acceptors (Lipinski definition) is 5. The normalized spacial score (nSPS) is 15.4. The molecule has 1 N–H and O–H groups in total. The number of halogens is 3. The lowest BCUT2D eigenvalue weighted by Crippen LogP contribution is -2.50. The van der Waals surface area contributed by atoms with Crippen LogP contribution in [0.3, 0.4) is 0 Å². The van der Waals surface area contributed by atoms with Crippen molar-refractivity contribution >= 4 is 17.5 Å². The summed E-state index contributed by atoms with van der Waals surface area (Å²) in [6, 6.07) is 5.09. The van der Waals surface area contributed by atoms with Crippen LogP contribution in [0.15, 0.2) is 42.7 Å². The number of ether oxygens (including phenoxy) is 2. The number of benzene rings is 1. The van der Waals surface area contributed by atoms with E-state index in [1.54, 1.807) is 0 Å². The van der Waals surface area contributed by atoms with E-state index < -0.39 is 24.0 Å². The molecule has 1 aliphatic carbocycles. The Balaban J connectivity index is 2.13. The molecule has 2 amide bonds. The van der Waals surface area contributed by atoms with Crippen molar-refractivity contribution in [3.63, 3.8) is 0 Å². The highest BCUT2D eigenvalue weighted by molar-refractivity contribution is 6.04. The number of anilines is 1. The molecule has 3 rings (SSSR count). The van der Waals surface area contributed by atoms with E-state index in [4.69, 9.17) is 9.47 Å². The van der Waals surface area contributed by atoms with Crippen molar-refractivity contribution in [2.45, 2.75) is 50.4 Å². The molecule has 0 bridgehead atoms. The second-order valence-electron chi connectivity index (χ2n) is 7.74. The van der Waals surface area contributed by atoms with Crippen LogP contribution in [-0.2, 0) is 9.59 Å². The minimum Gasteiger partial charge on any atom is -0.497 e. The first kappa shape index (κ1) is 24.3. The number of nitrogens with one attached hydrogen (secondary N) is 1. The van der Waals surface area contributed by atoms with E-state index in [9.17, 15) is 22.8 Å². The lowest BCUT2D eigenvalue weighted by Gasteiger charge is -2.34. The Morgan fingerprint density at radius 3 is 2.30 bits per heavy atom. The molecule has 1 aromatic heterocycles. The maximum absolute atomic E-state index is 13.8. The molecule has 178 valence electrons. The van der Waals surface area contributed by atoms with Crippen LogP contribution in [0, 0.1) is 0 Å². The third-order valence-electron chi connectivity index (χ3n) is 5.59. The van der Waals surface area contributed by atoms with Gasteiger partial charge in [0, 0.05) is 24.5 Å². The molecule has 1 heterocycles. The van der Waals surface area contributed by atoms with Gasteiger partial charge in [0.1, 0.15) is 17.5 Å². The summed E-state index contributed by atoms with van der Waals surface area (Å²) in [6.45, 7) is 0.